The summed E-state index contributed by atoms with van der Waals surface area (Å²) in [4.78, 5) is 24.5. The molecular weight excluding hydrogens is 294 g/mol. The highest BCUT2D eigenvalue weighted by Gasteiger charge is 2.42. The molecule has 0 spiro atoms. The van der Waals surface area contributed by atoms with Crippen LogP contribution in [0.5, 0.6) is 0 Å². The normalized spacial score (nSPS) is 21.0. The number of halogens is 2. The highest BCUT2D eigenvalue weighted by atomic mass is 19.2. The van der Waals surface area contributed by atoms with Crippen molar-refractivity contribution >= 4 is 12.0 Å². The molecule has 1 fully saturated rings. The van der Waals surface area contributed by atoms with Crippen molar-refractivity contribution in [3.8, 4) is 0 Å². The number of benzene rings is 1. The van der Waals surface area contributed by atoms with Crippen LogP contribution in [0.1, 0.15) is 18.9 Å². The van der Waals surface area contributed by atoms with Gasteiger partial charge >= 0.3 is 12.0 Å². The molecule has 2 N–H and O–H groups in total. The number of rotatable bonds is 4. The van der Waals surface area contributed by atoms with Crippen molar-refractivity contribution in [3.05, 3.63) is 35.4 Å². The summed E-state index contributed by atoms with van der Waals surface area (Å²) < 4.78 is 25.8. The van der Waals surface area contributed by atoms with Crippen molar-refractivity contribution in [1.82, 2.24) is 10.2 Å². The van der Waals surface area contributed by atoms with E-state index in [0.29, 0.717) is 24.9 Å². The summed E-state index contributed by atoms with van der Waals surface area (Å²) in [5.41, 5.74) is -0.326. The highest BCUT2D eigenvalue weighted by Crippen LogP contribution is 2.29. The third kappa shape index (κ3) is 3.52. The molecule has 0 aliphatic carbocycles. The van der Waals surface area contributed by atoms with Crippen LogP contribution < -0.4 is 5.32 Å². The van der Waals surface area contributed by atoms with Gasteiger partial charge in [-0.1, -0.05) is 6.07 Å². The van der Waals surface area contributed by atoms with E-state index in [1.807, 2.05) is 0 Å². The topological polar surface area (TPSA) is 69.6 Å². The summed E-state index contributed by atoms with van der Waals surface area (Å²) >= 11 is 0. The number of hydrogen-bond donors (Lipinski definition) is 2. The van der Waals surface area contributed by atoms with Crippen LogP contribution in [0.3, 0.4) is 0 Å². The first-order valence-electron chi connectivity index (χ1n) is 7.02. The SMILES string of the molecule is CC1(C(=O)O)CCN(C(=O)NCCc2ccc(F)c(F)c2)C1. The van der Waals surface area contributed by atoms with Gasteiger partial charge in [0.25, 0.3) is 0 Å². The van der Waals surface area contributed by atoms with Crippen molar-refractivity contribution in [3.63, 3.8) is 0 Å². The molecule has 2 rings (SSSR count). The molecule has 1 unspecified atom stereocenters. The van der Waals surface area contributed by atoms with Crippen LogP contribution in [0, 0.1) is 17.0 Å². The Morgan fingerprint density at radius 2 is 2.09 bits per heavy atom. The van der Waals surface area contributed by atoms with Crippen molar-refractivity contribution in [2.75, 3.05) is 19.6 Å². The third-order valence-corrected chi connectivity index (χ3v) is 3.95. The quantitative estimate of drug-likeness (QED) is 0.893. The van der Waals surface area contributed by atoms with Gasteiger partial charge in [-0.2, -0.15) is 0 Å². The lowest BCUT2D eigenvalue weighted by atomic mass is 9.90. The van der Waals surface area contributed by atoms with Gasteiger partial charge in [-0.3, -0.25) is 4.79 Å². The van der Waals surface area contributed by atoms with Crippen LogP contribution in [-0.2, 0) is 11.2 Å². The van der Waals surface area contributed by atoms with Gasteiger partial charge in [-0.15, -0.1) is 0 Å². The van der Waals surface area contributed by atoms with Gasteiger partial charge in [0.15, 0.2) is 11.6 Å². The van der Waals surface area contributed by atoms with Crippen LogP contribution in [0.15, 0.2) is 18.2 Å². The monoisotopic (exact) mass is 312 g/mol. The van der Waals surface area contributed by atoms with Gasteiger partial charge in [0, 0.05) is 19.6 Å². The Balaban J connectivity index is 1.81. The first-order valence-corrected chi connectivity index (χ1v) is 7.02. The van der Waals surface area contributed by atoms with E-state index in [1.54, 1.807) is 6.92 Å². The number of nitrogens with one attached hydrogen (secondary N) is 1. The Kier molecular flexibility index (Phi) is 4.63. The van der Waals surface area contributed by atoms with E-state index in [4.69, 9.17) is 5.11 Å². The Morgan fingerprint density at radius 1 is 1.36 bits per heavy atom. The van der Waals surface area contributed by atoms with Gasteiger partial charge < -0.3 is 15.3 Å². The predicted octanol–water partition coefficient (Wildman–Crippen LogP) is 2.01. The number of hydrogen-bond acceptors (Lipinski definition) is 2. The summed E-state index contributed by atoms with van der Waals surface area (Å²) in [5, 5.41) is 11.8. The van der Waals surface area contributed by atoms with Crippen molar-refractivity contribution in [2.24, 2.45) is 5.41 Å². The fraction of sp³-hybridized carbons (Fsp3) is 0.467. The molecule has 1 aromatic carbocycles. The minimum atomic E-state index is -0.916. The van der Waals surface area contributed by atoms with E-state index in [0.717, 1.165) is 12.1 Å². The molecule has 22 heavy (non-hydrogen) atoms. The number of amides is 2. The van der Waals surface area contributed by atoms with E-state index >= 15 is 0 Å². The zero-order valence-electron chi connectivity index (χ0n) is 12.2. The molecule has 0 aromatic heterocycles. The lowest BCUT2D eigenvalue weighted by Crippen LogP contribution is -2.41. The zero-order chi connectivity index (χ0) is 16.3. The average molecular weight is 312 g/mol. The van der Waals surface area contributed by atoms with Crippen LogP contribution >= 0.6 is 0 Å². The average Bonchev–Trinajstić information content (AvgIpc) is 2.87. The fourth-order valence-electron chi connectivity index (χ4n) is 2.43. The highest BCUT2D eigenvalue weighted by molar-refractivity contribution is 5.79. The molecule has 1 heterocycles. The Labute approximate surface area is 126 Å². The second kappa shape index (κ2) is 6.29. The molecule has 1 aliphatic heterocycles. The first kappa shape index (κ1) is 16.2. The fourth-order valence-corrected chi connectivity index (χ4v) is 2.43. The molecular formula is C15H18F2N2O3. The van der Waals surface area contributed by atoms with Gasteiger partial charge in [-0.05, 0) is 37.5 Å². The number of aliphatic carboxylic acids is 1. The van der Waals surface area contributed by atoms with Crippen molar-refractivity contribution < 1.29 is 23.5 Å². The zero-order valence-corrected chi connectivity index (χ0v) is 12.2. The van der Waals surface area contributed by atoms with E-state index in [9.17, 15) is 18.4 Å². The molecule has 0 saturated carbocycles. The number of likely N-dealkylation sites (tertiary alicyclic amines) is 1. The molecule has 5 nitrogen and oxygen atoms in total. The molecule has 2 amide bonds. The van der Waals surface area contributed by atoms with Crippen LogP contribution in [0.25, 0.3) is 0 Å². The maximum absolute atomic E-state index is 13.0. The van der Waals surface area contributed by atoms with E-state index < -0.39 is 23.0 Å². The molecule has 7 heteroatoms. The van der Waals surface area contributed by atoms with Crippen molar-refractivity contribution in [2.45, 2.75) is 19.8 Å². The Bertz CT molecular complexity index is 594. The standard InChI is InChI=1S/C15H18F2N2O3/c1-15(13(20)21)5-7-19(9-15)14(22)18-6-4-10-2-3-11(16)12(17)8-10/h2-3,8H,4-7,9H2,1H3,(H,18,22)(H,20,21). The summed E-state index contributed by atoms with van der Waals surface area (Å²) in [7, 11) is 0. The first-order chi connectivity index (χ1) is 10.3. The van der Waals surface area contributed by atoms with Gasteiger partial charge in [-0.25, -0.2) is 13.6 Å². The third-order valence-electron chi connectivity index (χ3n) is 3.95. The van der Waals surface area contributed by atoms with E-state index in [-0.39, 0.29) is 19.1 Å². The summed E-state index contributed by atoms with van der Waals surface area (Å²) in [5.74, 6) is -2.73. The summed E-state index contributed by atoms with van der Waals surface area (Å²) in [6.45, 7) is 2.44. The molecule has 1 saturated heterocycles. The van der Waals surface area contributed by atoms with E-state index in [2.05, 4.69) is 5.32 Å². The number of carboxylic acids is 1. The van der Waals surface area contributed by atoms with Crippen LogP contribution in [0.4, 0.5) is 13.6 Å². The smallest absolute Gasteiger partial charge is 0.317 e. The van der Waals surface area contributed by atoms with Crippen molar-refractivity contribution in [1.29, 1.82) is 0 Å². The summed E-state index contributed by atoms with van der Waals surface area (Å²) in [6, 6.07) is 3.26. The summed E-state index contributed by atoms with van der Waals surface area (Å²) in [6.07, 6.45) is 0.784. The van der Waals surface area contributed by atoms with Gasteiger partial charge in [0.2, 0.25) is 0 Å². The number of carbonyl (C=O) groups is 2. The number of nitrogens with zero attached hydrogens (tertiary/aromatic N) is 1. The molecule has 0 radical (unpaired) electrons. The molecule has 1 aromatic rings. The van der Waals surface area contributed by atoms with Gasteiger partial charge in [0.05, 0.1) is 5.41 Å². The second-order valence-corrected chi connectivity index (χ2v) is 5.77. The van der Waals surface area contributed by atoms with Crippen LogP contribution in [-0.4, -0.2) is 41.6 Å². The number of carboxylic acid groups (broad SMARTS) is 1. The molecule has 1 aliphatic rings. The predicted molar refractivity (Wildman–Crippen MR) is 75.4 cm³/mol. The van der Waals surface area contributed by atoms with Crippen LogP contribution in [0.2, 0.25) is 0 Å². The maximum Gasteiger partial charge on any atom is 0.317 e. The van der Waals surface area contributed by atoms with Gasteiger partial charge in [0.1, 0.15) is 0 Å². The number of urea groups is 1. The minimum Gasteiger partial charge on any atom is -0.481 e. The molecule has 120 valence electrons. The second-order valence-electron chi connectivity index (χ2n) is 5.77. The minimum absolute atomic E-state index is 0.166. The molecule has 0 bridgehead atoms. The Morgan fingerprint density at radius 3 is 2.68 bits per heavy atom. The lowest BCUT2D eigenvalue weighted by molar-refractivity contribution is -0.146. The molecule has 1 atom stereocenters. The lowest BCUT2D eigenvalue weighted by Gasteiger charge is -2.20. The number of carbonyl (C=O) groups excluding carboxylic acids is 1. The largest absolute Gasteiger partial charge is 0.481 e. The maximum atomic E-state index is 13.0. The van der Waals surface area contributed by atoms with E-state index in [1.165, 1.54) is 11.0 Å². The Hall–Kier alpha value is -2.18.